The van der Waals surface area contributed by atoms with Gasteiger partial charge in [-0.2, -0.15) is 0 Å². The summed E-state index contributed by atoms with van der Waals surface area (Å²) in [6.07, 6.45) is 0. The maximum absolute atomic E-state index is 13.4. The smallest absolute Gasteiger partial charge is 0.262 e. The van der Waals surface area contributed by atoms with Crippen molar-refractivity contribution in [3.8, 4) is 0 Å². The second-order valence-electron chi connectivity index (χ2n) is 4.09. The Kier molecular flexibility index (Phi) is 4.46. The summed E-state index contributed by atoms with van der Waals surface area (Å²) in [5, 5.41) is -0.0958. The van der Waals surface area contributed by atoms with E-state index >= 15 is 0 Å². The second-order valence-corrected chi connectivity index (χ2v) is 6.59. The van der Waals surface area contributed by atoms with Crippen LogP contribution in [-0.4, -0.2) is 13.4 Å². The maximum atomic E-state index is 13.4. The van der Waals surface area contributed by atoms with Gasteiger partial charge in [-0.25, -0.2) is 12.8 Å². The monoisotopic (exact) mass is 344 g/mol. The Labute approximate surface area is 131 Å². The van der Waals surface area contributed by atoms with Gasteiger partial charge in [-0.05, 0) is 24.3 Å². The van der Waals surface area contributed by atoms with E-state index in [1.165, 1.54) is 24.3 Å². The molecule has 0 radical (unpaired) electrons. The standard InChI is InChI=1S/C13H10ClFN2O2S2/c14-10-6-5-8(7-11(10)15)17-21(18,19)12-4-2-1-3-9(12)13(16)20/h1-7,17H,(H2,16,20). The molecular formula is C13H10ClFN2O2S2. The Balaban J connectivity index is 2.43. The number of anilines is 1. The average Bonchev–Trinajstić information content (AvgIpc) is 2.42. The number of hydrogen-bond acceptors (Lipinski definition) is 3. The first kappa shape index (κ1) is 15.7. The van der Waals surface area contributed by atoms with E-state index in [0.717, 1.165) is 6.07 Å². The summed E-state index contributed by atoms with van der Waals surface area (Å²) in [6, 6.07) is 9.63. The van der Waals surface area contributed by atoms with Gasteiger partial charge in [0.25, 0.3) is 10.0 Å². The Morgan fingerprint density at radius 1 is 1.24 bits per heavy atom. The van der Waals surface area contributed by atoms with Crippen molar-refractivity contribution in [1.82, 2.24) is 0 Å². The van der Waals surface area contributed by atoms with E-state index in [2.05, 4.69) is 4.72 Å². The third-order valence-electron chi connectivity index (χ3n) is 2.61. The number of hydrogen-bond donors (Lipinski definition) is 2. The molecule has 0 amide bonds. The molecule has 0 saturated heterocycles. The van der Waals surface area contributed by atoms with Crippen molar-refractivity contribution in [1.29, 1.82) is 0 Å². The minimum atomic E-state index is -3.95. The van der Waals surface area contributed by atoms with Gasteiger partial charge in [0, 0.05) is 5.56 Å². The molecule has 8 heteroatoms. The quantitative estimate of drug-likeness (QED) is 0.836. The van der Waals surface area contributed by atoms with Crippen molar-refractivity contribution >= 4 is 44.5 Å². The minimum absolute atomic E-state index is 0.0433. The van der Waals surface area contributed by atoms with Gasteiger partial charge >= 0.3 is 0 Å². The number of halogens is 2. The van der Waals surface area contributed by atoms with E-state index in [0.29, 0.717) is 0 Å². The van der Waals surface area contributed by atoms with Gasteiger partial charge in [0.1, 0.15) is 10.8 Å². The van der Waals surface area contributed by atoms with Crippen LogP contribution in [0.5, 0.6) is 0 Å². The van der Waals surface area contributed by atoms with Crippen LogP contribution in [0.4, 0.5) is 10.1 Å². The molecule has 2 aromatic rings. The fourth-order valence-corrected chi connectivity index (χ4v) is 3.31. The molecular weight excluding hydrogens is 335 g/mol. The van der Waals surface area contributed by atoms with Gasteiger partial charge in [0.2, 0.25) is 0 Å². The van der Waals surface area contributed by atoms with Crippen molar-refractivity contribution in [2.24, 2.45) is 5.73 Å². The Morgan fingerprint density at radius 3 is 2.52 bits per heavy atom. The van der Waals surface area contributed by atoms with Crippen molar-refractivity contribution in [3.05, 3.63) is 58.9 Å². The third-order valence-corrected chi connectivity index (χ3v) is 4.58. The van der Waals surface area contributed by atoms with E-state index in [-0.39, 0.29) is 26.2 Å². The number of sulfonamides is 1. The van der Waals surface area contributed by atoms with Crippen LogP contribution < -0.4 is 10.5 Å². The second kappa shape index (κ2) is 5.97. The predicted molar refractivity (Wildman–Crippen MR) is 84.5 cm³/mol. The average molecular weight is 345 g/mol. The molecule has 0 spiro atoms. The fourth-order valence-electron chi connectivity index (χ4n) is 1.67. The lowest BCUT2D eigenvalue weighted by molar-refractivity contribution is 0.601. The number of benzene rings is 2. The lowest BCUT2D eigenvalue weighted by Crippen LogP contribution is -2.19. The zero-order valence-corrected chi connectivity index (χ0v) is 12.9. The number of rotatable bonds is 4. The molecule has 0 aliphatic heterocycles. The van der Waals surface area contributed by atoms with Crippen LogP contribution in [0.15, 0.2) is 47.4 Å². The SMILES string of the molecule is NC(=S)c1ccccc1S(=O)(=O)Nc1ccc(Cl)c(F)c1. The van der Waals surface area contributed by atoms with Crippen molar-refractivity contribution < 1.29 is 12.8 Å². The van der Waals surface area contributed by atoms with Gasteiger partial charge in [0.05, 0.1) is 15.6 Å². The first-order valence-electron chi connectivity index (χ1n) is 5.68. The van der Waals surface area contributed by atoms with Gasteiger partial charge in [-0.15, -0.1) is 0 Å². The van der Waals surface area contributed by atoms with Crippen LogP contribution in [0.2, 0.25) is 5.02 Å². The molecule has 0 bridgehead atoms. The van der Waals surface area contributed by atoms with E-state index in [9.17, 15) is 12.8 Å². The molecule has 110 valence electrons. The Hall–Kier alpha value is -1.70. The van der Waals surface area contributed by atoms with E-state index < -0.39 is 15.8 Å². The van der Waals surface area contributed by atoms with Crippen LogP contribution >= 0.6 is 23.8 Å². The van der Waals surface area contributed by atoms with Crippen molar-refractivity contribution in [3.63, 3.8) is 0 Å². The van der Waals surface area contributed by atoms with Gasteiger partial charge < -0.3 is 5.73 Å². The molecule has 0 heterocycles. The Bertz CT molecular complexity index is 810. The van der Waals surface area contributed by atoms with Crippen LogP contribution in [0.3, 0.4) is 0 Å². The highest BCUT2D eigenvalue weighted by Gasteiger charge is 2.19. The van der Waals surface area contributed by atoms with E-state index in [4.69, 9.17) is 29.6 Å². The summed E-state index contributed by atoms with van der Waals surface area (Å²) in [5.41, 5.74) is 5.78. The summed E-state index contributed by atoms with van der Waals surface area (Å²) in [7, 11) is -3.95. The molecule has 0 atom stereocenters. The molecule has 3 N–H and O–H groups in total. The van der Waals surface area contributed by atoms with Crippen LogP contribution in [0.25, 0.3) is 0 Å². The predicted octanol–water partition coefficient (Wildman–Crippen LogP) is 2.91. The third kappa shape index (κ3) is 3.49. The molecule has 0 aliphatic rings. The first-order valence-corrected chi connectivity index (χ1v) is 7.95. The number of thiocarbonyl (C=S) groups is 1. The van der Waals surface area contributed by atoms with Gasteiger partial charge in [-0.1, -0.05) is 42.0 Å². The molecule has 0 saturated carbocycles. The molecule has 2 rings (SSSR count). The van der Waals surface area contributed by atoms with E-state index in [1.54, 1.807) is 12.1 Å². The first-order chi connectivity index (χ1) is 9.81. The Morgan fingerprint density at radius 2 is 1.90 bits per heavy atom. The lowest BCUT2D eigenvalue weighted by atomic mass is 10.2. The molecule has 0 unspecified atom stereocenters. The van der Waals surface area contributed by atoms with Crippen LogP contribution in [-0.2, 0) is 10.0 Å². The van der Waals surface area contributed by atoms with Gasteiger partial charge in [-0.3, -0.25) is 4.72 Å². The molecule has 4 nitrogen and oxygen atoms in total. The zero-order valence-electron chi connectivity index (χ0n) is 10.5. The zero-order chi connectivity index (χ0) is 15.6. The highest BCUT2D eigenvalue weighted by atomic mass is 35.5. The summed E-state index contributed by atoms with van der Waals surface area (Å²) in [4.78, 5) is -0.119. The molecule has 0 aliphatic carbocycles. The summed E-state index contributed by atoms with van der Waals surface area (Å²) < 4.78 is 40.3. The van der Waals surface area contributed by atoms with Crippen molar-refractivity contribution in [2.75, 3.05) is 4.72 Å². The van der Waals surface area contributed by atoms with Crippen LogP contribution in [0.1, 0.15) is 5.56 Å². The molecule has 0 aromatic heterocycles. The lowest BCUT2D eigenvalue weighted by Gasteiger charge is -2.11. The highest BCUT2D eigenvalue weighted by molar-refractivity contribution is 7.93. The fraction of sp³-hybridized carbons (Fsp3) is 0. The highest BCUT2D eigenvalue weighted by Crippen LogP contribution is 2.23. The number of nitrogens with two attached hydrogens (primary N) is 1. The molecule has 2 aromatic carbocycles. The maximum Gasteiger partial charge on any atom is 0.262 e. The van der Waals surface area contributed by atoms with Crippen molar-refractivity contribution in [2.45, 2.75) is 4.90 Å². The van der Waals surface area contributed by atoms with E-state index in [1.807, 2.05) is 0 Å². The molecule has 21 heavy (non-hydrogen) atoms. The minimum Gasteiger partial charge on any atom is -0.389 e. The molecule has 0 fully saturated rings. The number of nitrogens with one attached hydrogen (secondary N) is 1. The summed E-state index contributed by atoms with van der Waals surface area (Å²) in [5.74, 6) is -0.723. The topological polar surface area (TPSA) is 72.2 Å². The summed E-state index contributed by atoms with van der Waals surface area (Å²) in [6.45, 7) is 0. The largest absolute Gasteiger partial charge is 0.389 e. The normalized spacial score (nSPS) is 11.1. The van der Waals surface area contributed by atoms with Crippen LogP contribution in [0, 0.1) is 5.82 Å². The van der Waals surface area contributed by atoms with Gasteiger partial charge in [0.15, 0.2) is 0 Å². The summed E-state index contributed by atoms with van der Waals surface area (Å²) >= 11 is 10.4.